The van der Waals surface area contributed by atoms with Gasteiger partial charge in [0.2, 0.25) is 0 Å². The number of aliphatic hydroxyl groups is 1. The maximum Gasteiger partial charge on any atom is 0.390 e. The maximum absolute atomic E-state index is 12.3. The highest BCUT2D eigenvalue weighted by Gasteiger charge is 2.29. The summed E-state index contributed by atoms with van der Waals surface area (Å²) in [5.74, 6) is 0.884. The minimum absolute atomic E-state index is 0.0683. The van der Waals surface area contributed by atoms with Gasteiger partial charge in [0.15, 0.2) is 0 Å². The molecule has 1 aromatic carbocycles. The lowest BCUT2D eigenvalue weighted by molar-refractivity contribution is -0.138. The van der Waals surface area contributed by atoms with Crippen LogP contribution in [0, 0.1) is 5.92 Å². The average Bonchev–Trinajstić information content (AvgIpc) is 3.06. The van der Waals surface area contributed by atoms with Crippen LogP contribution in [0.4, 0.5) is 13.2 Å². The first-order valence-electron chi connectivity index (χ1n) is 9.82. The Morgan fingerprint density at radius 2 is 2.03 bits per heavy atom. The first-order chi connectivity index (χ1) is 13.8. The van der Waals surface area contributed by atoms with Gasteiger partial charge < -0.3 is 30.0 Å². The lowest BCUT2D eigenvalue weighted by atomic mass is 9.96. The van der Waals surface area contributed by atoms with E-state index in [1.165, 1.54) is 0 Å². The zero-order chi connectivity index (χ0) is 20.9. The van der Waals surface area contributed by atoms with Crippen molar-refractivity contribution in [3.8, 4) is 5.75 Å². The third-order valence-electron chi connectivity index (χ3n) is 5.18. The summed E-state index contributed by atoms with van der Waals surface area (Å²) in [5, 5.41) is 13.3. The molecule has 1 fully saturated rings. The van der Waals surface area contributed by atoms with E-state index in [4.69, 9.17) is 4.74 Å². The van der Waals surface area contributed by atoms with Gasteiger partial charge in [-0.15, -0.1) is 0 Å². The molecular weight excluding hydrogens is 389 g/mol. The summed E-state index contributed by atoms with van der Waals surface area (Å²) < 4.78 is 42.5. The molecule has 0 aliphatic carbocycles. The van der Waals surface area contributed by atoms with Crippen molar-refractivity contribution >= 4 is 11.0 Å². The number of piperidine rings is 1. The number of H-pyrrole nitrogens is 2. The monoisotopic (exact) mass is 416 g/mol. The molecule has 1 saturated heterocycles. The lowest BCUT2D eigenvalue weighted by Crippen LogP contribution is -2.40. The second-order valence-corrected chi connectivity index (χ2v) is 7.53. The van der Waals surface area contributed by atoms with Crippen molar-refractivity contribution in [1.82, 2.24) is 20.2 Å². The van der Waals surface area contributed by atoms with Crippen molar-refractivity contribution in [3.05, 3.63) is 28.7 Å². The number of hydrogen-bond donors (Lipinski definition) is 4. The van der Waals surface area contributed by atoms with Crippen molar-refractivity contribution in [3.63, 3.8) is 0 Å². The van der Waals surface area contributed by atoms with Gasteiger partial charge in [-0.1, -0.05) is 6.07 Å². The number of aromatic nitrogens is 2. The van der Waals surface area contributed by atoms with E-state index in [1.54, 1.807) is 18.2 Å². The number of nitrogens with one attached hydrogen (secondary N) is 3. The summed E-state index contributed by atoms with van der Waals surface area (Å²) in [6.07, 6.45) is -3.88. The van der Waals surface area contributed by atoms with Crippen LogP contribution in [-0.2, 0) is 0 Å². The number of fused-ring (bicyclic) bond motifs is 1. The molecule has 0 spiro atoms. The van der Waals surface area contributed by atoms with Gasteiger partial charge in [-0.3, -0.25) is 0 Å². The van der Waals surface area contributed by atoms with E-state index >= 15 is 0 Å². The summed E-state index contributed by atoms with van der Waals surface area (Å²) in [5.41, 5.74) is 0.888. The largest absolute Gasteiger partial charge is 0.489 e. The van der Waals surface area contributed by atoms with E-state index in [-0.39, 0.29) is 18.8 Å². The van der Waals surface area contributed by atoms with Crippen molar-refractivity contribution < 1.29 is 23.0 Å². The number of hydrogen-bond acceptors (Lipinski definition) is 5. The Hall–Kier alpha value is -2.04. The molecule has 1 aliphatic heterocycles. The van der Waals surface area contributed by atoms with Crippen molar-refractivity contribution in [2.45, 2.75) is 31.5 Å². The van der Waals surface area contributed by atoms with Gasteiger partial charge in [-0.05, 0) is 50.5 Å². The SMILES string of the molecule is O=c1[nH]c2cccc(OC[C@@H](O)CNCC3CCN(CCC(F)(F)F)CC3)c2[nH]1. The summed E-state index contributed by atoms with van der Waals surface area (Å²) in [4.78, 5) is 18.6. The van der Waals surface area contributed by atoms with Crippen LogP contribution in [0.25, 0.3) is 11.0 Å². The molecule has 2 heterocycles. The molecule has 0 amide bonds. The third-order valence-corrected chi connectivity index (χ3v) is 5.18. The molecule has 4 N–H and O–H groups in total. The van der Waals surface area contributed by atoms with Crippen LogP contribution >= 0.6 is 0 Å². The van der Waals surface area contributed by atoms with E-state index < -0.39 is 18.7 Å². The Balaban J connectivity index is 1.32. The van der Waals surface area contributed by atoms with E-state index in [0.717, 1.165) is 12.8 Å². The molecule has 7 nitrogen and oxygen atoms in total. The van der Waals surface area contributed by atoms with Crippen LogP contribution in [-0.4, -0.2) is 71.6 Å². The Morgan fingerprint density at radius 3 is 2.76 bits per heavy atom. The van der Waals surface area contributed by atoms with Gasteiger partial charge in [0, 0.05) is 13.1 Å². The molecule has 0 radical (unpaired) electrons. The normalized spacial score (nSPS) is 17.7. The Labute approximate surface area is 166 Å². The number of nitrogens with zero attached hydrogens (tertiary/aromatic N) is 1. The standard InChI is InChI=1S/C19H27F3N4O3/c20-19(21,22)6-9-26-7-4-13(5-8-26)10-23-11-14(27)12-29-16-3-1-2-15-17(16)25-18(28)24-15/h1-3,13-14,23,27H,4-12H2,(H2,24,25,28)/t14-/m0/s1. The van der Waals surface area contributed by atoms with Gasteiger partial charge in [0.1, 0.15) is 24.0 Å². The predicted octanol–water partition coefficient (Wildman–Crippen LogP) is 1.85. The number of benzene rings is 1. The molecule has 1 atom stereocenters. The fraction of sp³-hybridized carbons (Fsp3) is 0.632. The minimum atomic E-state index is -4.10. The average molecular weight is 416 g/mol. The van der Waals surface area contributed by atoms with Crippen LogP contribution in [0.5, 0.6) is 5.75 Å². The lowest BCUT2D eigenvalue weighted by Gasteiger charge is -2.32. The quantitative estimate of drug-likeness (QED) is 0.501. The Kier molecular flexibility index (Phi) is 7.20. The molecule has 1 aliphatic rings. The second kappa shape index (κ2) is 9.64. The number of ether oxygens (including phenoxy) is 1. The van der Waals surface area contributed by atoms with Crippen LogP contribution in [0.2, 0.25) is 0 Å². The molecular formula is C19H27F3N4O3. The first kappa shape index (κ1) is 21.7. The molecule has 162 valence electrons. The maximum atomic E-state index is 12.3. The number of imidazole rings is 1. The van der Waals surface area contributed by atoms with Gasteiger partial charge in [-0.25, -0.2) is 4.79 Å². The van der Waals surface area contributed by atoms with Crippen LogP contribution in [0.3, 0.4) is 0 Å². The number of aromatic amines is 2. The van der Waals surface area contributed by atoms with E-state index in [9.17, 15) is 23.1 Å². The zero-order valence-corrected chi connectivity index (χ0v) is 16.1. The van der Waals surface area contributed by atoms with Gasteiger partial charge in [0.25, 0.3) is 0 Å². The third kappa shape index (κ3) is 6.76. The second-order valence-electron chi connectivity index (χ2n) is 7.53. The van der Waals surface area contributed by atoms with Crippen LogP contribution in [0.1, 0.15) is 19.3 Å². The Bertz CT molecular complexity index is 828. The molecule has 3 rings (SSSR count). The van der Waals surface area contributed by atoms with Gasteiger partial charge in [-0.2, -0.15) is 13.2 Å². The number of aliphatic hydroxyl groups excluding tert-OH is 1. The van der Waals surface area contributed by atoms with Gasteiger partial charge >= 0.3 is 11.9 Å². The number of para-hydroxylation sites is 1. The highest BCUT2D eigenvalue weighted by atomic mass is 19.4. The summed E-state index contributed by atoms with van der Waals surface area (Å²) in [6.45, 7) is 2.56. The minimum Gasteiger partial charge on any atom is -0.489 e. The van der Waals surface area contributed by atoms with Crippen molar-refractivity contribution in [1.29, 1.82) is 0 Å². The van der Waals surface area contributed by atoms with Crippen molar-refractivity contribution in [2.75, 3.05) is 39.3 Å². The molecule has 0 bridgehead atoms. The summed E-state index contributed by atoms with van der Waals surface area (Å²) >= 11 is 0. The number of likely N-dealkylation sites (tertiary alicyclic amines) is 1. The highest BCUT2D eigenvalue weighted by Crippen LogP contribution is 2.23. The molecule has 10 heteroatoms. The fourth-order valence-corrected chi connectivity index (χ4v) is 3.55. The molecule has 0 saturated carbocycles. The van der Waals surface area contributed by atoms with Crippen LogP contribution in [0.15, 0.2) is 23.0 Å². The number of rotatable bonds is 9. The van der Waals surface area contributed by atoms with Crippen LogP contribution < -0.4 is 15.7 Å². The number of halogens is 3. The van der Waals surface area contributed by atoms with Gasteiger partial charge in [0.05, 0.1) is 11.9 Å². The molecule has 2 aromatic rings. The molecule has 0 unspecified atom stereocenters. The summed E-state index contributed by atoms with van der Waals surface area (Å²) in [6, 6.07) is 5.23. The van der Waals surface area contributed by atoms with E-state index in [0.29, 0.717) is 48.9 Å². The smallest absolute Gasteiger partial charge is 0.390 e. The topological polar surface area (TPSA) is 93.4 Å². The molecule has 1 aromatic heterocycles. The van der Waals surface area contributed by atoms with E-state index in [1.807, 2.05) is 4.90 Å². The van der Waals surface area contributed by atoms with E-state index in [2.05, 4.69) is 15.3 Å². The fourth-order valence-electron chi connectivity index (χ4n) is 3.55. The first-order valence-corrected chi connectivity index (χ1v) is 9.82. The Morgan fingerprint density at radius 1 is 1.28 bits per heavy atom. The summed E-state index contributed by atoms with van der Waals surface area (Å²) in [7, 11) is 0. The molecule has 29 heavy (non-hydrogen) atoms. The predicted molar refractivity (Wildman–Crippen MR) is 103 cm³/mol. The zero-order valence-electron chi connectivity index (χ0n) is 16.1. The highest BCUT2D eigenvalue weighted by molar-refractivity contribution is 5.80. The van der Waals surface area contributed by atoms with Crippen molar-refractivity contribution in [2.24, 2.45) is 5.92 Å². The number of alkyl halides is 3.